The first kappa shape index (κ1) is 25.1. The number of methoxy groups -OCH3 is 3. The third-order valence-corrected chi connectivity index (χ3v) is 5.33. The summed E-state index contributed by atoms with van der Waals surface area (Å²) in [6.07, 6.45) is 3.17. The van der Waals surface area contributed by atoms with E-state index >= 15 is 0 Å². The fourth-order valence-electron chi connectivity index (χ4n) is 3.08. The van der Waals surface area contributed by atoms with Crippen LogP contribution in [0.15, 0.2) is 36.5 Å². The molecule has 0 radical (unpaired) electrons. The van der Waals surface area contributed by atoms with Gasteiger partial charge < -0.3 is 34.7 Å². The molecule has 0 unspecified atom stereocenters. The molecule has 4 N–H and O–H groups in total. The van der Waals surface area contributed by atoms with Crippen LogP contribution in [0.1, 0.15) is 5.56 Å². The molecule has 3 aromatic rings. The SMILES string of the molecule is COc1ccc(Nc2nc(Nc3cc(OC)c(CC(=O)O)cc3OC)ncc2Cl)c(NSC)c1. The number of anilines is 5. The highest BCUT2D eigenvalue weighted by Crippen LogP contribution is 2.36. The lowest BCUT2D eigenvalue weighted by atomic mass is 10.1. The number of hydrogen-bond donors (Lipinski definition) is 4. The molecular weight excluding hydrogens is 482 g/mol. The average molecular weight is 506 g/mol. The van der Waals surface area contributed by atoms with Crippen LogP contribution in [0.3, 0.4) is 0 Å². The van der Waals surface area contributed by atoms with Crippen LogP contribution in [0, 0.1) is 0 Å². The molecule has 0 amide bonds. The topological polar surface area (TPSA) is 127 Å². The molecule has 1 heterocycles. The molecule has 0 aliphatic rings. The first-order valence-electron chi connectivity index (χ1n) is 9.88. The van der Waals surface area contributed by atoms with E-state index in [9.17, 15) is 4.79 Å². The van der Waals surface area contributed by atoms with Crippen LogP contribution < -0.4 is 29.6 Å². The van der Waals surface area contributed by atoms with Gasteiger partial charge in [0.25, 0.3) is 0 Å². The molecule has 34 heavy (non-hydrogen) atoms. The fourth-order valence-corrected chi connectivity index (χ4v) is 3.60. The van der Waals surface area contributed by atoms with Gasteiger partial charge in [-0.2, -0.15) is 4.98 Å². The Bertz CT molecular complexity index is 1180. The van der Waals surface area contributed by atoms with E-state index in [1.807, 2.05) is 24.5 Å². The van der Waals surface area contributed by atoms with Crippen LogP contribution in [-0.2, 0) is 11.2 Å². The van der Waals surface area contributed by atoms with Crippen LogP contribution in [-0.4, -0.2) is 48.6 Å². The quantitative estimate of drug-likeness (QED) is 0.264. The molecule has 1 aromatic heterocycles. The number of ether oxygens (including phenoxy) is 3. The van der Waals surface area contributed by atoms with Crippen molar-refractivity contribution in [3.8, 4) is 17.2 Å². The van der Waals surface area contributed by atoms with Crippen molar-refractivity contribution in [2.24, 2.45) is 0 Å². The van der Waals surface area contributed by atoms with Crippen molar-refractivity contribution < 1.29 is 24.1 Å². The van der Waals surface area contributed by atoms with Gasteiger partial charge in [-0.3, -0.25) is 4.79 Å². The lowest BCUT2D eigenvalue weighted by Crippen LogP contribution is -2.06. The van der Waals surface area contributed by atoms with E-state index in [0.29, 0.717) is 39.3 Å². The third kappa shape index (κ3) is 6.06. The van der Waals surface area contributed by atoms with Crippen LogP contribution >= 0.6 is 23.5 Å². The van der Waals surface area contributed by atoms with E-state index in [2.05, 4.69) is 25.3 Å². The molecule has 0 aliphatic carbocycles. The number of nitrogens with one attached hydrogen (secondary N) is 3. The maximum Gasteiger partial charge on any atom is 0.307 e. The Balaban J connectivity index is 1.92. The highest BCUT2D eigenvalue weighted by atomic mass is 35.5. The Morgan fingerprint density at radius 2 is 1.79 bits per heavy atom. The van der Waals surface area contributed by atoms with Gasteiger partial charge in [0.05, 0.1) is 51.0 Å². The first-order chi connectivity index (χ1) is 16.4. The monoisotopic (exact) mass is 505 g/mol. The molecule has 180 valence electrons. The lowest BCUT2D eigenvalue weighted by molar-refractivity contribution is -0.136. The second-order valence-electron chi connectivity index (χ2n) is 6.79. The Labute approximate surface area is 206 Å². The zero-order chi connectivity index (χ0) is 24.7. The number of carboxylic acids is 1. The van der Waals surface area contributed by atoms with Gasteiger partial charge >= 0.3 is 5.97 Å². The molecule has 10 nitrogen and oxygen atoms in total. The summed E-state index contributed by atoms with van der Waals surface area (Å²) in [6, 6.07) is 8.74. The Hall–Kier alpha value is -3.57. The summed E-state index contributed by atoms with van der Waals surface area (Å²) >= 11 is 7.78. The van der Waals surface area contributed by atoms with Crippen LogP contribution in [0.4, 0.5) is 28.8 Å². The van der Waals surface area contributed by atoms with Gasteiger partial charge in [0, 0.05) is 24.0 Å². The normalized spacial score (nSPS) is 10.4. The van der Waals surface area contributed by atoms with Gasteiger partial charge in [-0.25, -0.2) is 4.98 Å². The second kappa shape index (κ2) is 11.5. The predicted molar refractivity (Wildman–Crippen MR) is 135 cm³/mol. The fraction of sp³-hybridized carbons (Fsp3) is 0.227. The van der Waals surface area contributed by atoms with Crippen molar-refractivity contribution in [3.05, 3.63) is 47.1 Å². The van der Waals surface area contributed by atoms with Gasteiger partial charge in [0.2, 0.25) is 5.95 Å². The zero-order valence-corrected chi connectivity index (χ0v) is 20.5. The number of benzene rings is 2. The summed E-state index contributed by atoms with van der Waals surface area (Å²) in [5, 5.41) is 15.8. The molecule has 0 fully saturated rings. The third-order valence-electron chi connectivity index (χ3n) is 4.63. The number of aromatic nitrogens is 2. The van der Waals surface area contributed by atoms with E-state index < -0.39 is 5.97 Å². The van der Waals surface area contributed by atoms with E-state index in [0.717, 1.165) is 11.4 Å². The molecule has 0 aliphatic heterocycles. The van der Waals surface area contributed by atoms with Gasteiger partial charge in [0.15, 0.2) is 5.82 Å². The lowest BCUT2D eigenvalue weighted by Gasteiger charge is -2.16. The van der Waals surface area contributed by atoms with E-state index in [1.54, 1.807) is 19.2 Å². The van der Waals surface area contributed by atoms with E-state index in [-0.39, 0.29) is 12.4 Å². The van der Waals surface area contributed by atoms with Gasteiger partial charge in [0.1, 0.15) is 22.3 Å². The van der Waals surface area contributed by atoms with Crippen molar-refractivity contribution in [3.63, 3.8) is 0 Å². The minimum atomic E-state index is -0.980. The average Bonchev–Trinajstić information content (AvgIpc) is 2.82. The smallest absolute Gasteiger partial charge is 0.307 e. The van der Waals surface area contributed by atoms with Crippen LogP contribution in [0.25, 0.3) is 0 Å². The molecule has 0 bridgehead atoms. The van der Waals surface area contributed by atoms with E-state index in [4.69, 9.17) is 30.9 Å². The van der Waals surface area contributed by atoms with Crippen molar-refractivity contribution >= 4 is 58.3 Å². The maximum atomic E-state index is 11.2. The summed E-state index contributed by atoms with van der Waals surface area (Å²) in [5.74, 6) is 1.14. The minimum absolute atomic E-state index is 0.209. The number of aliphatic carboxylic acids is 1. The zero-order valence-electron chi connectivity index (χ0n) is 18.9. The standard InChI is InChI=1S/C22H24ClN5O5S/c1-31-13-5-6-15(16(9-13)28-34-4)25-21-14(23)11-24-22(27-21)26-17-10-18(32-2)12(8-20(29)30)7-19(17)33-3/h5-7,9-11,28H,8H2,1-4H3,(H,29,30)(H2,24,25,26,27). The number of rotatable bonds is 11. The second-order valence-corrected chi connectivity index (χ2v) is 7.81. The highest BCUT2D eigenvalue weighted by molar-refractivity contribution is 7.99. The van der Waals surface area contributed by atoms with Crippen molar-refractivity contribution in [1.82, 2.24) is 9.97 Å². The van der Waals surface area contributed by atoms with Crippen LogP contribution in [0.5, 0.6) is 17.2 Å². The van der Waals surface area contributed by atoms with Gasteiger partial charge in [-0.05, 0) is 18.2 Å². The van der Waals surface area contributed by atoms with Gasteiger partial charge in [-0.15, -0.1) is 0 Å². The Morgan fingerprint density at radius 3 is 2.44 bits per heavy atom. The largest absolute Gasteiger partial charge is 0.497 e. The van der Waals surface area contributed by atoms with E-state index in [1.165, 1.54) is 32.4 Å². The van der Waals surface area contributed by atoms with Crippen molar-refractivity contribution in [1.29, 1.82) is 0 Å². The summed E-state index contributed by atoms with van der Waals surface area (Å²) in [4.78, 5) is 19.9. The number of halogens is 1. The predicted octanol–water partition coefficient (Wildman–Crippen LogP) is 4.96. The summed E-state index contributed by atoms with van der Waals surface area (Å²) in [7, 11) is 4.55. The molecule has 3 rings (SSSR count). The van der Waals surface area contributed by atoms with Crippen LogP contribution in [0.2, 0.25) is 5.02 Å². The van der Waals surface area contributed by atoms with Crippen molar-refractivity contribution in [2.45, 2.75) is 6.42 Å². The van der Waals surface area contributed by atoms with Gasteiger partial charge in [-0.1, -0.05) is 23.5 Å². The number of carbonyl (C=O) groups is 1. The highest BCUT2D eigenvalue weighted by Gasteiger charge is 2.16. The first-order valence-corrected chi connectivity index (χ1v) is 11.5. The number of carboxylic acid groups (broad SMARTS) is 1. The summed E-state index contributed by atoms with van der Waals surface area (Å²) in [5.41, 5.74) is 2.50. The molecule has 0 spiro atoms. The molecular formula is C22H24ClN5O5S. The Morgan fingerprint density at radius 1 is 1.03 bits per heavy atom. The minimum Gasteiger partial charge on any atom is -0.497 e. The van der Waals surface area contributed by atoms with Crippen molar-refractivity contribution in [2.75, 3.05) is 42.9 Å². The molecule has 0 saturated carbocycles. The molecule has 12 heteroatoms. The number of hydrogen-bond acceptors (Lipinski definition) is 10. The maximum absolute atomic E-state index is 11.2. The Kier molecular flexibility index (Phi) is 8.50. The number of nitrogens with zero attached hydrogens (tertiary/aromatic N) is 2. The summed E-state index contributed by atoms with van der Waals surface area (Å²) in [6.45, 7) is 0. The summed E-state index contributed by atoms with van der Waals surface area (Å²) < 4.78 is 19.3. The molecule has 0 atom stereocenters. The molecule has 2 aromatic carbocycles. The molecule has 0 saturated heterocycles.